The molecule has 0 saturated carbocycles. The summed E-state index contributed by atoms with van der Waals surface area (Å²) in [6.45, 7) is 1.91. The summed E-state index contributed by atoms with van der Waals surface area (Å²) in [5, 5.41) is 8.93. The second kappa shape index (κ2) is 5.17. The van der Waals surface area contributed by atoms with Crippen molar-refractivity contribution in [3.8, 4) is 12.3 Å². The van der Waals surface area contributed by atoms with Crippen molar-refractivity contribution in [2.45, 2.75) is 25.8 Å². The molecule has 5 nitrogen and oxygen atoms in total. The van der Waals surface area contributed by atoms with Crippen LogP contribution < -0.4 is 0 Å². The van der Waals surface area contributed by atoms with Gasteiger partial charge in [0.2, 0.25) is 0 Å². The van der Waals surface area contributed by atoms with E-state index in [4.69, 9.17) is 11.5 Å². The van der Waals surface area contributed by atoms with E-state index in [0.717, 1.165) is 11.3 Å². The van der Waals surface area contributed by atoms with Crippen LogP contribution >= 0.6 is 0 Å². The molecule has 1 N–H and O–H groups in total. The topological polar surface area (TPSA) is 74.7 Å². The SMILES string of the molecule is C#CC(CCC)N1C(=O)c2ccc(C(=O)O)cc2C1=O. The van der Waals surface area contributed by atoms with Gasteiger partial charge in [0.05, 0.1) is 16.7 Å². The number of hydrogen-bond acceptors (Lipinski definition) is 3. The van der Waals surface area contributed by atoms with Gasteiger partial charge in [0.1, 0.15) is 6.04 Å². The van der Waals surface area contributed by atoms with Crippen LogP contribution in [-0.4, -0.2) is 33.8 Å². The minimum Gasteiger partial charge on any atom is -0.478 e. The first-order valence-corrected chi connectivity index (χ1v) is 6.22. The Kier molecular flexibility index (Phi) is 3.57. The summed E-state index contributed by atoms with van der Waals surface area (Å²) < 4.78 is 0. The van der Waals surface area contributed by atoms with Gasteiger partial charge in [-0.2, -0.15) is 0 Å². The van der Waals surface area contributed by atoms with Gasteiger partial charge in [-0.3, -0.25) is 14.5 Å². The molecule has 5 heteroatoms. The Bertz CT molecular complexity index is 642. The summed E-state index contributed by atoms with van der Waals surface area (Å²) in [6, 6.07) is 3.29. The second-order valence-electron chi connectivity index (χ2n) is 4.52. The number of imide groups is 1. The minimum atomic E-state index is -1.14. The fraction of sp³-hybridized carbons (Fsp3) is 0.267. The first kappa shape index (κ1) is 13.8. The number of benzene rings is 1. The summed E-state index contributed by atoms with van der Waals surface area (Å²) in [7, 11) is 0. The average molecular weight is 271 g/mol. The van der Waals surface area contributed by atoms with Crippen LogP contribution in [0.1, 0.15) is 50.8 Å². The molecular formula is C15H13NO4. The predicted octanol–water partition coefficient (Wildman–Crippen LogP) is 1.78. The average Bonchev–Trinajstić information content (AvgIpc) is 2.68. The molecule has 2 rings (SSSR count). The number of carboxylic acids is 1. The molecule has 1 unspecified atom stereocenters. The maximum atomic E-state index is 12.3. The first-order chi connectivity index (χ1) is 9.51. The van der Waals surface area contributed by atoms with Crippen LogP contribution in [0.5, 0.6) is 0 Å². The number of amides is 2. The molecule has 1 aromatic rings. The van der Waals surface area contributed by atoms with Crippen LogP contribution in [0, 0.1) is 12.3 Å². The van der Waals surface area contributed by atoms with Crippen molar-refractivity contribution in [1.82, 2.24) is 4.90 Å². The van der Waals surface area contributed by atoms with Crippen LogP contribution in [0.15, 0.2) is 18.2 Å². The smallest absolute Gasteiger partial charge is 0.335 e. The lowest BCUT2D eigenvalue weighted by molar-refractivity contribution is 0.0614. The number of nitrogens with zero attached hydrogens (tertiary/aromatic N) is 1. The Morgan fingerprint density at radius 3 is 2.55 bits per heavy atom. The zero-order chi connectivity index (χ0) is 14.9. The van der Waals surface area contributed by atoms with E-state index in [9.17, 15) is 14.4 Å². The Morgan fingerprint density at radius 1 is 1.35 bits per heavy atom. The van der Waals surface area contributed by atoms with Gasteiger partial charge in [-0.05, 0) is 24.6 Å². The molecule has 1 heterocycles. The van der Waals surface area contributed by atoms with Crippen molar-refractivity contribution >= 4 is 17.8 Å². The van der Waals surface area contributed by atoms with Gasteiger partial charge in [0.15, 0.2) is 0 Å². The first-order valence-electron chi connectivity index (χ1n) is 6.22. The van der Waals surface area contributed by atoms with Crippen LogP contribution in [0.25, 0.3) is 0 Å². The van der Waals surface area contributed by atoms with E-state index in [1.165, 1.54) is 18.2 Å². The van der Waals surface area contributed by atoms with Gasteiger partial charge >= 0.3 is 5.97 Å². The Hall–Kier alpha value is -2.61. The molecule has 2 amide bonds. The molecule has 0 radical (unpaired) electrons. The number of carboxylic acid groups (broad SMARTS) is 1. The standard InChI is InChI=1S/C15H13NO4/c1-3-5-10(4-2)16-13(17)11-7-6-9(15(19)20)8-12(11)14(16)18/h2,6-8,10H,3,5H2,1H3,(H,19,20). The largest absolute Gasteiger partial charge is 0.478 e. The van der Waals surface area contributed by atoms with Gasteiger partial charge in [0, 0.05) is 0 Å². The number of hydrogen-bond donors (Lipinski definition) is 1. The zero-order valence-corrected chi connectivity index (χ0v) is 10.9. The lowest BCUT2D eigenvalue weighted by atomic mass is 10.1. The summed E-state index contributed by atoms with van der Waals surface area (Å²) in [5.74, 6) is 0.318. The second-order valence-corrected chi connectivity index (χ2v) is 4.52. The summed E-state index contributed by atoms with van der Waals surface area (Å²) in [4.78, 5) is 36.5. The van der Waals surface area contributed by atoms with E-state index in [0.29, 0.717) is 6.42 Å². The summed E-state index contributed by atoms with van der Waals surface area (Å²) in [6.07, 6.45) is 6.65. The Morgan fingerprint density at radius 2 is 2.00 bits per heavy atom. The van der Waals surface area contributed by atoms with Crippen LogP contribution in [0.3, 0.4) is 0 Å². The predicted molar refractivity (Wildman–Crippen MR) is 71.4 cm³/mol. The maximum Gasteiger partial charge on any atom is 0.335 e. The Labute approximate surface area is 116 Å². The summed E-state index contributed by atoms with van der Waals surface area (Å²) >= 11 is 0. The highest BCUT2D eigenvalue weighted by molar-refractivity contribution is 6.22. The van der Waals surface area contributed by atoms with Crippen molar-refractivity contribution in [2.75, 3.05) is 0 Å². The van der Waals surface area contributed by atoms with E-state index >= 15 is 0 Å². The maximum absolute atomic E-state index is 12.3. The molecule has 1 aliphatic rings. The number of terminal acetylenes is 1. The van der Waals surface area contributed by atoms with Gasteiger partial charge in [-0.1, -0.05) is 19.3 Å². The lowest BCUT2D eigenvalue weighted by Crippen LogP contribution is -2.38. The van der Waals surface area contributed by atoms with Crippen molar-refractivity contribution in [2.24, 2.45) is 0 Å². The monoisotopic (exact) mass is 271 g/mol. The van der Waals surface area contributed by atoms with Crippen molar-refractivity contribution in [3.05, 3.63) is 34.9 Å². The lowest BCUT2D eigenvalue weighted by Gasteiger charge is -2.20. The van der Waals surface area contributed by atoms with E-state index < -0.39 is 23.8 Å². The normalized spacial score (nSPS) is 14.9. The Balaban J connectivity index is 2.45. The fourth-order valence-electron chi connectivity index (χ4n) is 2.24. The fourth-order valence-corrected chi connectivity index (χ4v) is 2.24. The molecule has 0 fully saturated rings. The zero-order valence-electron chi connectivity index (χ0n) is 10.9. The molecule has 1 aliphatic heterocycles. The molecule has 0 bridgehead atoms. The number of carbonyl (C=O) groups excluding carboxylic acids is 2. The van der Waals surface area contributed by atoms with Crippen LogP contribution in [0.4, 0.5) is 0 Å². The van der Waals surface area contributed by atoms with Crippen molar-refractivity contribution < 1.29 is 19.5 Å². The quantitative estimate of drug-likeness (QED) is 0.669. The molecule has 20 heavy (non-hydrogen) atoms. The van der Waals surface area contributed by atoms with Crippen molar-refractivity contribution in [1.29, 1.82) is 0 Å². The third kappa shape index (κ3) is 2.05. The molecule has 0 spiro atoms. The molecule has 102 valence electrons. The number of carbonyl (C=O) groups is 3. The van der Waals surface area contributed by atoms with Crippen molar-refractivity contribution in [3.63, 3.8) is 0 Å². The molecule has 0 saturated heterocycles. The molecule has 1 aromatic carbocycles. The van der Waals surface area contributed by atoms with Crippen LogP contribution in [0.2, 0.25) is 0 Å². The molecule has 1 atom stereocenters. The minimum absolute atomic E-state index is 0.0282. The highest BCUT2D eigenvalue weighted by Gasteiger charge is 2.39. The van der Waals surface area contributed by atoms with Gasteiger partial charge in [0.25, 0.3) is 11.8 Å². The van der Waals surface area contributed by atoms with Gasteiger partial charge in [-0.15, -0.1) is 6.42 Å². The number of fused-ring (bicyclic) bond motifs is 1. The third-order valence-corrected chi connectivity index (χ3v) is 3.23. The molecule has 0 aliphatic carbocycles. The molecule has 0 aromatic heterocycles. The molecular weight excluding hydrogens is 258 g/mol. The summed E-state index contributed by atoms with van der Waals surface area (Å²) in [5.41, 5.74) is 0.280. The van der Waals surface area contributed by atoms with Gasteiger partial charge in [-0.25, -0.2) is 4.79 Å². The number of aromatic carboxylic acids is 1. The van der Waals surface area contributed by atoms with E-state index in [2.05, 4.69) is 5.92 Å². The van der Waals surface area contributed by atoms with E-state index in [1.54, 1.807) is 0 Å². The van der Waals surface area contributed by atoms with E-state index in [-0.39, 0.29) is 16.7 Å². The van der Waals surface area contributed by atoms with Gasteiger partial charge < -0.3 is 5.11 Å². The number of rotatable bonds is 4. The van der Waals surface area contributed by atoms with E-state index in [1.807, 2.05) is 6.92 Å². The van der Waals surface area contributed by atoms with Crippen LogP contribution in [-0.2, 0) is 0 Å². The highest BCUT2D eigenvalue weighted by Crippen LogP contribution is 2.27. The third-order valence-electron chi connectivity index (χ3n) is 3.23. The highest BCUT2D eigenvalue weighted by atomic mass is 16.4.